The molecule has 8 nitrogen and oxygen atoms in total. The molecule has 0 aliphatic heterocycles. The van der Waals surface area contributed by atoms with Gasteiger partial charge in [-0.25, -0.2) is 4.79 Å². The number of carboxylic acid groups (broad SMARTS) is 1. The van der Waals surface area contributed by atoms with Crippen molar-refractivity contribution >= 4 is 18.2 Å². The second-order valence-corrected chi connectivity index (χ2v) is 3.39. The molecule has 0 spiro atoms. The van der Waals surface area contributed by atoms with Crippen molar-refractivity contribution in [3.8, 4) is 0 Å². The number of H-pyrrole nitrogens is 1. The molecule has 1 heterocycles. The van der Waals surface area contributed by atoms with Gasteiger partial charge in [-0.15, -0.1) is 0 Å². The third-order valence-electron chi connectivity index (χ3n) is 2.03. The summed E-state index contributed by atoms with van der Waals surface area (Å²) in [6.45, 7) is 0. The van der Waals surface area contributed by atoms with Crippen LogP contribution >= 0.6 is 0 Å². The highest BCUT2D eigenvalue weighted by molar-refractivity contribution is 5.93. The summed E-state index contributed by atoms with van der Waals surface area (Å²) < 4.78 is 0. The number of aliphatic carboxylic acids is 1. The van der Waals surface area contributed by atoms with Crippen LogP contribution in [0, 0.1) is 0 Å². The van der Waals surface area contributed by atoms with E-state index in [-0.39, 0.29) is 5.69 Å². The molecular formula is C10H12N4O4. The van der Waals surface area contributed by atoms with Crippen molar-refractivity contribution in [3.05, 3.63) is 24.0 Å². The Morgan fingerprint density at radius 1 is 1.56 bits per heavy atom. The number of allylic oxidation sites excluding steroid dienone is 1. The van der Waals surface area contributed by atoms with E-state index in [0.717, 1.165) is 6.08 Å². The predicted molar refractivity (Wildman–Crippen MR) is 59.7 cm³/mol. The minimum Gasteiger partial charge on any atom is -0.478 e. The molecule has 1 atom stereocenters. The first-order valence-corrected chi connectivity index (χ1v) is 5.15. The van der Waals surface area contributed by atoms with Gasteiger partial charge in [-0.1, -0.05) is 6.08 Å². The van der Waals surface area contributed by atoms with Crippen LogP contribution in [0.3, 0.4) is 0 Å². The molecule has 0 radical (unpaired) electrons. The minimum atomic E-state index is -1.05. The predicted octanol–water partition coefficient (Wildman–Crippen LogP) is -0.477. The number of nitrogens with one attached hydrogen (secondary N) is 2. The highest BCUT2D eigenvalue weighted by atomic mass is 16.4. The van der Waals surface area contributed by atoms with Crippen molar-refractivity contribution in [2.75, 3.05) is 0 Å². The molecule has 1 aromatic heterocycles. The van der Waals surface area contributed by atoms with Crippen LogP contribution in [0.15, 0.2) is 18.3 Å². The Balaban J connectivity index is 2.40. The Morgan fingerprint density at radius 2 is 2.33 bits per heavy atom. The topological polar surface area (TPSA) is 125 Å². The summed E-state index contributed by atoms with van der Waals surface area (Å²) in [4.78, 5) is 32.5. The zero-order chi connectivity index (χ0) is 13.4. The van der Waals surface area contributed by atoms with Gasteiger partial charge in [0.1, 0.15) is 6.29 Å². The molecule has 18 heavy (non-hydrogen) atoms. The second kappa shape index (κ2) is 6.94. The van der Waals surface area contributed by atoms with Crippen LogP contribution in [0.4, 0.5) is 0 Å². The van der Waals surface area contributed by atoms with Crippen LogP contribution in [-0.2, 0) is 9.59 Å². The van der Waals surface area contributed by atoms with Gasteiger partial charge < -0.3 is 15.2 Å². The summed E-state index contributed by atoms with van der Waals surface area (Å²) in [5.41, 5.74) is 0.0860. The number of hydrogen-bond acceptors (Lipinski definition) is 5. The first-order chi connectivity index (χ1) is 8.63. The third kappa shape index (κ3) is 4.56. The van der Waals surface area contributed by atoms with Crippen molar-refractivity contribution in [1.82, 2.24) is 20.7 Å². The highest BCUT2D eigenvalue weighted by Gasteiger charge is 2.14. The molecule has 1 rings (SSSR count). The maximum atomic E-state index is 11.5. The quantitative estimate of drug-likeness (QED) is 0.444. The number of aromatic nitrogens is 3. The van der Waals surface area contributed by atoms with Crippen molar-refractivity contribution < 1.29 is 19.5 Å². The Hall–Kier alpha value is -2.51. The fourth-order valence-corrected chi connectivity index (χ4v) is 1.19. The Labute approximate surface area is 102 Å². The Kier molecular flexibility index (Phi) is 5.23. The van der Waals surface area contributed by atoms with E-state index in [1.807, 2.05) is 0 Å². The summed E-state index contributed by atoms with van der Waals surface area (Å²) in [7, 11) is 0. The van der Waals surface area contributed by atoms with Gasteiger partial charge in [-0.2, -0.15) is 15.4 Å². The number of carbonyl (C=O) groups is 3. The number of carboxylic acids is 1. The molecule has 1 unspecified atom stereocenters. The number of hydrogen-bond donors (Lipinski definition) is 3. The van der Waals surface area contributed by atoms with Gasteiger partial charge in [-0.05, 0) is 12.8 Å². The lowest BCUT2D eigenvalue weighted by molar-refractivity contribution is -0.131. The Morgan fingerprint density at radius 3 is 2.89 bits per heavy atom. The summed E-state index contributed by atoms with van der Waals surface area (Å²) >= 11 is 0. The van der Waals surface area contributed by atoms with E-state index in [1.165, 1.54) is 12.3 Å². The third-order valence-corrected chi connectivity index (χ3v) is 2.03. The summed E-state index contributed by atoms with van der Waals surface area (Å²) in [6.07, 6.45) is 4.92. The van der Waals surface area contributed by atoms with E-state index in [2.05, 4.69) is 20.7 Å². The van der Waals surface area contributed by atoms with Crippen LogP contribution in [-0.4, -0.2) is 44.7 Å². The number of amides is 1. The lowest BCUT2D eigenvalue weighted by Crippen LogP contribution is -2.36. The summed E-state index contributed by atoms with van der Waals surface area (Å²) in [6, 6.07) is -0.687. The second-order valence-electron chi connectivity index (χ2n) is 3.39. The number of rotatable bonds is 7. The van der Waals surface area contributed by atoms with E-state index in [0.29, 0.717) is 19.1 Å². The van der Waals surface area contributed by atoms with Crippen LogP contribution in [0.2, 0.25) is 0 Å². The molecule has 0 fully saturated rings. The SMILES string of the molecule is O=CC(CCC=CC(=O)O)NC(=O)c1cn[nH]n1. The molecule has 0 bridgehead atoms. The van der Waals surface area contributed by atoms with Gasteiger partial charge in [0.25, 0.3) is 5.91 Å². The first kappa shape index (κ1) is 13.6. The standard InChI is InChI=1S/C10H12N4O4/c15-6-7(3-1-2-4-9(16)17)12-10(18)8-5-11-14-13-8/h2,4-7H,1,3H2,(H,12,18)(H,16,17)(H,11,13,14). The molecule has 0 aliphatic carbocycles. The molecule has 96 valence electrons. The number of aromatic amines is 1. The van der Waals surface area contributed by atoms with E-state index in [1.54, 1.807) is 0 Å². The van der Waals surface area contributed by atoms with Crippen LogP contribution in [0.1, 0.15) is 23.3 Å². The summed E-state index contributed by atoms with van der Waals surface area (Å²) in [5, 5.41) is 20.1. The molecule has 1 aromatic rings. The van der Waals surface area contributed by atoms with Gasteiger partial charge in [-0.3, -0.25) is 4.79 Å². The van der Waals surface area contributed by atoms with Crippen LogP contribution in [0.25, 0.3) is 0 Å². The van der Waals surface area contributed by atoms with Crippen molar-refractivity contribution in [2.45, 2.75) is 18.9 Å². The van der Waals surface area contributed by atoms with E-state index < -0.39 is 17.9 Å². The maximum Gasteiger partial charge on any atom is 0.327 e. The normalized spacial score (nSPS) is 12.2. The first-order valence-electron chi connectivity index (χ1n) is 5.15. The van der Waals surface area contributed by atoms with E-state index in [4.69, 9.17) is 5.11 Å². The van der Waals surface area contributed by atoms with Gasteiger partial charge in [0, 0.05) is 6.08 Å². The average molecular weight is 252 g/mol. The molecule has 8 heteroatoms. The monoisotopic (exact) mass is 252 g/mol. The lowest BCUT2D eigenvalue weighted by atomic mass is 10.1. The van der Waals surface area contributed by atoms with Crippen LogP contribution < -0.4 is 5.32 Å². The molecular weight excluding hydrogens is 240 g/mol. The molecule has 1 amide bonds. The van der Waals surface area contributed by atoms with Crippen molar-refractivity contribution in [3.63, 3.8) is 0 Å². The van der Waals surface area contributed by atoms with Gasteiger partial charge in [0.2, 0.25) is 0 Å². The van der Waals surface area contributed by atoms with E-state index in [9.17, 15) is 14.4 Å². The highest BCUT2D eigenvalue weighted by Crippen LogP contribution is 1.98. The fourth-order valence-electron chi connectivity index (χ4n) is 1.19. The zero-order valence-electron chi connectivity index (χ0n) is 9.37. The number of nitrogens with zero attached hydrogens (tertiary/aromatic N) is 2. The number of carbonyl (C=O) groups excluding carboxylic acids is 2. The van der Waals surface area contributed by atoms with Crippen molar-refractivity contribution in [2.24, 2.45) is 0 Å². The lowest BCUT2D eigenvalue weighted by Gasteiger charge is -2.09. The van der Waals surface area contributed by atoms with Gasteiger partial charge >= 0.3 is 5.97 Å². The Bertz CT molecular complexity index is 441. The largest absolute Gasteiger partial charge is 0.478 e. The van der Waals surface area contributed by atoms with Gasteiger partial charge in [0.15, 0.2) is 5.69 Å². The zero-order valence-corrected chi connectivity index (χ0v) is 9.37. The average Bonchev–Trinajstić information content (AvgIpc) is 2.86. The minimum absolute atomic E-state index is 0.0860. The van der Waals surface area contributed by atoms with Crippen molar-refractivity contribution in [1.29, 1.82) is 0 Å². The van der Waals surface area contributed by atoms with Crippen LogP contribution in [0.5, 0.6) is 0 Å². The molecule has 3 N–H and O–H groups in total. The fraction of sp³-hybridized carbons (Fsp3) is 0.300. The number of aldehydes is 1. The molecule has 0 saturated heterocycles. The maximum absolute atomic E-state index is 11.5. The van der Waals surface area contributed by atoms with E-state index >= 15 is 0 Å². The smallest absolute Gasteiger partial charge is 0.327 e. The summed E-state index contributed by atoms with van der Waals surface area (Å²) in [5.74, 6) is -1.56. The molecule has 0 aliphatic rings. The van der Waals surface area contributed by atoms with Gasteiger partial charge in [0.05, 0.1) is 12.2 Å². The molecule has 0 saturated carbocycles. The molecule has 0 aromatic carbocycles.